The zero-order valence-corrected chi connectivity index (χ0v) is 15.5. The molecule has 2 bridgehead atoms. The van der Waals surface area contributed by atoms with Gasteiger partial charge in [-0.15, -0.1) is 0 Å². The van der Waals surface area contributed by atoms with E-state index in [0.29, 0.717) is 6.42 Å². The number of benzene rings is 2. The average molecular weight is 400 g/mol. The van der Waals surface area contributed by atoms with Crippen LogP contribution in [-0.4, -0.2) is 28.4 Å². The van der Waals surface area contributed by atoms with Gasteiger partial charge in [-0.25, -0.2) is 9.69 Å². The van der Waals surface area contributed by atoms with E-state index in [1.54, 1.807) is 4.90 Å². The highest BCUT2D eigenvalue weighted by Gasteiger charge is 2.69. The zero-order chi connectivity index (χ0) is 20.4. The van der Waals surface area contributed by atoms with Gasteiger partial charge in [0.2, 0.25) is 0 Å². The summed E-state index contributed by atoms with van der Waals surface area (Å²) in [6, 6.07) is 13.4. The summed E-state index contributed by atoms with van der Waals surface area (Å²) in [7, 11) is 0. The van der Waals surface area contributed by atoms with E-state index in [9.17, 15) is 22.8 Å². The van der Waals surface area contributed by atoms with Gasteiger partial charge in [0.05, 0.1) is 11.3 Å². The number of urea groups is 1. The van der Waals surface area contributed by atoms with Crippen LogP contribution in [0.15, 0.2) is 54.6 Å². The van der Waals surface area contributed by atoms with Crippen LogP contribution in [0.5, 0.6) is 0 Å². The van der Waals surface area contributed by atoms with Crippen molar-refractivity contribution < 1.29 is 22.8 Å². The number of alkyl halides is 3. The number of rotatable bonds is 3. The van der Waals surface area contributed by atoms with E-state index in [1.807, 2.05) is 30.3 Å². The number of hydrogen-bond acceptors (Lipinski definition) is 2. The van der Waals surface area contributed by atoms with Crippen molar-refractivity contribution >= 4 is 17.6 Å². The Balaban J connectivity index is 1.59. The number of nitrogens with zero attached hydrogens (tertiary/aromatic N) is 2. The minimum absolute atomic E-state index is 0.0175. The summed E-state index contributed by atoms with van der Waals surface area (Å²) in [5.41, 5.74) is -0.953. The maximum atomic E-state index is 13.7. The Labute approximate surface area is 165 Å². The number of fused-ring (bicyclic) bond motifs is 5. The van der Waals surface area contributed by atoms with Gasteiger partial charge in [-0.05, 0) is 48.9 Å². The molecule has 29 heavy (non-hydrogen) atoms. The number of carbonyl (C=O) groups is 2. The van der Waals surface area contributed by atoms with E-state index in [1.165, 1.54) is 12.1 Å². The molecule has 150 valence electrons. The first-order valence-electron chi connectivity index (χ1n) is 9.71. The molecule has 3 fully saturated rings. The number of amides is 3. The topological polar surface area (TPSA) is 40.6 Å². The van der Waals surface area contributed by atoms with Gasteiger partial charge in [-0.2, -0.15) is 13.2 Å². The van der Waals surface area contributed by atoms with Crippen molar-refractivity contribution in [3.8, 4) is 0 Å². The fraction of sp³-hybridized carbons (Fsp3) is 0.364. The number of halogens is 3. The van der Waals surface area contributed by atoms with Crippen LogP contribution >= 0.6 is 0 Å². The van der Waals surface area contributed by atoms with Crippen LogP contribution in [0.3, 0.4) is 0 Å². The van der Waals surface area contributed by atoms with Crippen LogP contribution in [0.1, 0.15) is 30.4 Å². The van der Waals surface area contributed by atoms with Gasteiger partial charge in [-0.3, -0.25) is 4.79 Å². The number of anilines is 1. The van der Waals surface area contributed by atoms with Gasteiger partial charge >= 0.3 is 12.2 Å². The number of imide groups is 1. The molecule has 2 aromatic carbocycles. The minimum Gasteiger partial charge on any atom is -0.306 e. The van der Waals surface area contributed by atoms with Crippen molar-refractivity contribution in [1.82, 2.24) is 4.90 Å². The van der Waals surface area contributed by atoms with Gasteiger partial charge in [0.1, 0.15) is 5.54 Å². The molecule has 0 aromatic heterocycles. The van der Waals surface area contributed by atoms with Gasteiger partial charge in [0, 0.05) is 12.5 Å². The summed E-state index contributed by atoms with van der Waals surface area (Å²) in [5, 5.41) is 0. The van der Waals surface area contributed by atoms with Crippen LogP contribution in [0.4, 0.5) is 23.7 Å². The highest BCUT2D eigenvalue weighted by atomic mass is 19.4. The average Bonchev–Trinajstić information content (AvgIpc) is 3.34. The van der Waals surface area contributed by atoms with Crippen molar-refractivity contribution in [3.05, 3.63) is 65.7 Å². The third kappa shape index (κ3) is 2.52. The van der Waals surface area contributed by atoms with Crippen LogP contribution < -0.4 is 4.90 Å². The summed E-state index contributed by atoms with van der Waals surface area (Å²) >= 11 is 0. The standard InChI is InChI=1S/C22H19F3N2O2/c23-22(24,25)16-7-4-8-17(12-16)26-19(28)21(13-14-5-2-1-3-6-14)15-9-10-18(11-15)27(21)20(26)29/h1-8,12,15,18H,9-11,13H2/t15-,18+,21+/m1/s1. The van der Waals surface area contributed by atoms with Crippen molar-refractivity contribution in [3.63, 3.8) is 0 Å². The molecule has 2 saturated heterocycles. The molecule has 3 amide bonds. The number of carbonyl (C=O) groups excluding carboxylic acids is 2. The predicted octanol–water partition coefficient (Wildman–Crippen LogP) is 4.64. The van der Waals surface area contributed by atoms with Crippen molar-refractivity contribution in [1.29, 1.82) is 0 Å². The lowest BCUT2D eigenvalue weighted by Gasteiger charge is -2.38. The quantitative estimate of drug-likeness (QED) is 0.705. The molecule has 1 saturated carbocycles. The first-order valence-corrected chi connectivity index (χ1v) is 9.71. The normalized spacial score (nSPS) is 28.4. The zero-order valence-electron chi connectivity index (χ0n) is 15.5. The van der Waals surface area contributed by atoms with E-state index >= 15 is 0 Å². The molecule has 2 aromatic rings. The smallest absolute Gasteiger partial charge is 0.306 e. The van der Waals surface area contributed by atoms with E-state index < -0.39 is 29.2 Å². The van der Waals surface area contributed by atoms with Crippen LogP contribution in [0.25, 0.3) is 0 Å². The van der Waals surface area contributed by atoms with Crippen molar-refractivity contribution in [2.24, 2.45) is 5.92 Å². The second kappa shape index (κ2) is 6.08. The summed E-state index contributed by atoms with van der Waals surface area (Å²) in [4.78, 5) is 29.6. The number of hydrogen-bond donors (Lipinski definition) is 0. The second-order valence-electron chi connectivity index (χ2n) is 8.09. The SMILES string of the molecule is O=C1N(c2cccc(C(F)(F)F)c2)C(=O)[C@]2(Cc3ccccc3)[C@@H]3CC[C@@H](C3)N12. The Morgan fingerprint density at radius 3 is 2.48 bits per heavy atom. The molecule has 2 heterocycles. The van der Waals surface area contributed by atoms with Crippen LogP contribution in [0, 0.1) is 5.92 Å². The summed E-state index contributed by atoms with van der Waals surface area (Å²) in [6.07, 6.45) is -1.70. The van der Waals surface area contributed by atoms with E-state index in [0.717, 1.165) is 41.9 Å². The Bertz CT molecular complexity index is 991. The molecule has 4 nitrogen and oxygen atoms in total. The lowest BCUT2D eigenvalue weighted by atomic mass is 9.78. The fourth-order valence-electron chi connectivity index (χ4n) is 5.40. The first kappa shape index (κ1) is 18.2. The van der Waals surface area contributed by atoms with Gasteiger partial charge in [0.15, 0.2) is 0 Å². The fourth-order valence-corrected chi connectivity index (χ4v) is 5.40. The van der Waals surface area contributed by atoms with Gasteiger partial charge < -0.3 is 4.90 Å². The molecule has 2 aliphatic heterocycles. The largest absolute Gasteiger partial charge is 0.416 e. The first-order chi connectivity index (χ1) is 13.8. The van der Waals surface area contributed by atoms with E-state index in [2.05, 4.69) is 0 Å². The van der Waals surface area contributed by atoms with E-state index in [-0.39, 0.29) is 17.6 Å². The number of piperidine rings is 1. The summed E-state index contributed by atoms with van der Waals surface area (Å²) < 4.78 is 39.5. The molecule has 0 spiro atoms. The molecular formula is C22H19F3N2O2. The molecule has 3 atom stereocenters. The van der Waals surface area contributed by atoms with Gasteiger partial charge in [0.25, 0.3) is 5.91 Å². The minimum atomic E-state index is -4.54. The Hall–Kier alpha value is -2.83. The van der Waals surface area contributed by atoms with Crippen molar-refractivity contribution in [2.75, 3.05) is 4.90 Å². The molecule has 0 unspecified atom stereocenters. The maximum Gasteiger partial charge on any atom is 0.416 e. The second-order valence-corrected chi connectivity index (χ2v) is 8.09. The highest BCUT2D eigenvalue weighted by Crippen LogP contribution is 2.55. The Morgan fingerprint density at radius 2 is 1.76 bits per heavy atom. The third-order valence-corrected chi connectivity index (χ3v) is 6.59. The summed E-state index contributed by atoms with van der Waals surface area (Å²) in [5.74, 6) is -0.377. The Morgan fingerprint density at radius 1 is 1.00 bits per heavy atom. The molecule has 5 rings (SSSR count). The molecule has 3 aliphatic rings. The molecule has 0 N–H and O–H groups in total. The van der Waals surface area contributed by atoms with Gasteiger partial charge in [-0.1, -0.05) is 36.4 Å². The highest BCUT2D eigenvalue weighted by molar-refractivity contribution is 6.24. The van der Waals surface area contributed by atoms with E-state index in [4.69, 9.17) is 0 Å². The lowest BCUT2D eigenvalue weighted by Crippen LogP contribution is -2.55. The lowest BCUT2D eigenvalue weighted by molar-refractivity contribution is -0.137. The predicted molar refractivity (Wildman–Crippen MR) is 100 cm³/mol. The Kier molecular flexibility index (Phi) is 3.82. The monoisotopic (exact) mass is 400 g/mol. The molecular weight excluding hydrogens is 381 g/mol. The van der Waals surface area contributed by atoms with Crippen LogP contribution in [-0.2, 0) is 17.4 Å². The molecule has 7 heteroatoms. The molecule has 0 radical (unpaired) electrons. The van der Waals surface area contributed by atoms with Crippen LogP contribution in [0.2, 0.25) is 0 Å². The third-order valence-electron chi connectivity index (χ3n) is 6.59. The van der Waals surface area contributed by atoms with Crippen molar-refractivity contribution in [2.45, 2.75) is 43.4 Å². The molecule has 1 aliphatic carbocycles. The maximum absolute atomic E-state index is 13.7. The summed E-state index contributed by atoms with van der Waals surface area (Å²) in [6.45, 7) is 0.